The van der Waals surface area contributed by atoms with Crippen LogP contribution in [0.3, 0.4) is 0 Å². The number of ether oxygens (including phenoxy) is 1. The maximum absolute atomic E-state index is 10.7. The highest BCUT2D eigenvalue weighted by Gasteiger charge is 2.46. The smallest absolute Gasteiger partial charge is 0.0918 e. The van der Waals surface area contributed by atoms with Gasteiger partial charge in [-0.15, -0.1) is 0 Å². The predicted molar refractivity (Wildman–Crippen MR) is 145 cm³/mol. The maximum Gasteiger partial charge on any atom is 0.0918 e. The molecule has 0 aromatic carbocycles. The third-order valence-corrected chi connectivity index (χ3v) is 7.50. The van der Waals surface area contributed by atoms with E-state index in [9.17, 15) is 20.4 Å². The molecule has 1 heterocycles. The third-order valence-electron chi connectivity index (χ3n) is 7.50. The molecule has 35 heavy (non-hydrogen) atoms. The van der Waals surface area contributed by atoms with E-state index in [4.69, 9.17) is 4.74 Å². The number of hydrogen-bond donors (Lipinski definition) is 4. The highest BCUT2D eigenvalue weighted by Crippen LogP contribution is 2.38. The lowest BCUT2D eigenvalue weighted by atomic mass is 9.89. The Morgan fingerprint density at radius 3 is 1.94 bits per heavy atom. The van der Waals surface area contributed by atoms with Crippen LogP contribution in [0.4, 0.5) is 0 Å². The zero-order chi connectivity index (χ0) is 26.9. The van der Waals surface area contributed by atoms with E-state index >= 15 is 0 Å². The van der Waals surface area contributed by atoms with E-state index in [-0.39, 0.29) is 6.10 Å². The second-order valence-corrected chi connectivity index (χ2v) is 12.1. The van der Waals surface area contributed by atoms with Crippen LogP contribution in [-0.2, 0) is 4.74 Å². The van der Waals surface area contributed by atoms with Crippen molar-refractivity contribution in [2.75, 3.05) is 0 Å². The van der Waals surface area contributed by atoms with Gasteiger partial charge in [0.05, 0.1) is 35.1 Å². The molecule has 0 spiro atoms. The first-order chi connectivity index (χ1) is 16.1. The van der Waals surface area contributed by atoms with Crippen LogP contribution in [0.5, 0.6) is 0 Å². The minimum Gasteiger partial charge on any atom is -0.390 e. The van der Waals surface area contributed by atoms with Crippen molar-refractivity contribution in [3.8, 4) is 0 Å². The molecule has 1 fully saturated rings. The Kier molecular flexibility index (Phi) is 12.9. The van der Waals surface area contributed by atoms with Crippen molar-refractivity contribution in [3.63, 3.8) is 0 Å². The summed E-state index contributed by atoms with van der Waals surface area (Å²) in [7, 11) is 0. The zero-order valence-electron chi connectivity index (χ0n) is 23.7. The van der Waals surface area contributed by atoms with Crippen molar-refractivity contribution in [1.82, 2.24) is 0 Å². The van der Waals surface area contributed by atoms with Crippen molar-refractivity contribution >= 4 is 0 Å². The summed E-state index contributed by atoms with van der Waals surface area (Å²) in [6.07, 6.45) is 12.6. The topological polar surface area (TPSA) is 90.2 Å². The molecule has 0 aromatic rings. The lowest BCUT2D eigenvalue weighted by Crippen LogP contribution is -2.43. The Morgan fingerprint density at radius 1 is 0.914 bits per heavy atom. The SMILES string of the molecule is CC(C)=CCCC(C)(O)C(O)CCC(C)=CCCC=C(C)CCC(O)C1(C)CCC(C(C)(C)O)O1. The highest BCUT2D eigenvalue weighted by atomic mass is 16.5. The normalized spacial score (nSPS) is 25.3. The van der Waals surface area contributed by atoms with E-state index in [1.54, 1.807) is 20.8 Å². The molecule has 0 aliphatic carbocycles. The highest BCUT2D eigenvalue weighted by molar-refractivity contribution is 5.04. The Bertz CT molecular complexity index is 724. The number of rotatable bonds is 15. The molecule has 0 bridgehead atoms. The van der Waals surface area contributed by atoms with Gasteiger partial charge >= 0.3 is 0 Å². The lowest BCUT2D eigenvalue weighted by molar-refractivity contribution is -0.153. The van der Waals surface area contributed by atoms with Crippen LogP contribution in [-0.4, -0.2) is 55.5 Å². The van der Waals surface area contributed by atoms with Crippen molar-refractivity contribution in [2.45, 2.75) is 155 Å². The van der Waals surface area contributed by atoms with E-state index in [0.717, 1.165) is 44.9 Å². The minimum atomic E-state index is -1.06. The summed E-state index contributed by atoms with van der Waals surface area (Å²) in [5, 5.41) is 41.9. The van der Waals surface area contributed by atoms with Crippen LogP contribution in [0.25, 0.3) is 0 Å². The molecule has 5 unspecified atom stereocenters. The van der Waals surface area contributed by atoms with Crippen LogP contribution in [0.2, 0.25) is 0 Å². The van der Waals surface area contributed by atoms with Gasteiger partial charge in [-0.25, -0.2) is 0 Å². The molecule has 204 valence electrons. The molecule has 1 saturated heterocycles. The molecular weight excluding hydrogens is 440 g/mol. The van der Waals surface area contributed by atoms with Crippen molar-refractivity contribution in [2.24, 2.45) is 0 Å². The quantitative estimate of drug-likeness (QED) is 0.162. The van der Waals surface area contributed by atoms with Crippen molar-refractivity contribution in [3.05, 3.63) is 34.9 Å². The van der Waals surface area contributed by atoms with Gasteiger partial charge in [-0.2, -0.15) is 0 Å². The first kappa shape index (κ1) is 32.0. The third kappa shape index (κ3) is 11.7. The first-order valence-electron chi connectivity index (χ1n) is 13.5. The van der Waals surface area contributed by atoms with Crippen LogP contribution in [0, 0.1) is 0 Å². The summed E-state index contributed by atoms with van der Waals surface area (Å²) >= 11 is 0. The maximum atomic E-state index is 10.7. The largest absolute Gasteiger partial charge is 0.390 e. The first-order valence-corrected chi connectivity index (χ1v) is 13.5. The Balaban J connectivity index is 2.36. The van der Waals surface area contributed by atoms with Gasteiger partial charge in [0.25, 0.3) is 0 Å². The number of aliphatic hydroxyl groups is 4. The summed E-state index contributed by atoms with van der Waals surface area (Å²) < 4.78 is 6.06. The Labute approximate surface area is 215 Å². The molecule has 0 aromatic heterocycles. The van der Waals surface area contributed by atoms with Gasteiger partial charge in [-0.05, 0) is 120 Å². The minimum absolute atomic E-state index is 0.233. The van der Waals surface area contributed by atoms with Crippen LogP contribution >= 0.6 is 0 Å². The van der Waals surface area contributed by atoms with Crippen LogP contribution in [0.1, 0.15) is 120 Å². The van der Waals surface area contributed by atoms with Gasteiger partial charge in [-0.1, -0.05) is 34.9 Å². The van der Waals surface area contributed by atoms with Gasteiger partial charge in [-0.3, -0.25) is 0 Å². The van der Waals surface area contributed by atoms with Gasteiger partial charge in [0.1, 0.15) is 0 Å². The fourth-order valence-corrected chi connectivity index (χ4v) is 4.63. The van der Waals surface area contributed by atoms with E-state index in [1.807, 2.05) is 20.8 Å². The fourth-order valence-electron chi connectivity index (χ4n) is 4.63. The molecule has 1 aliphatic rings. The lowest BCUT2D eigenvalue weighted by Gasteiger charge is -2.33. The number of hydrogen-bond acceptors (Lipinski definition) is 5. The predicted octanol–water partition coefficient (Wildman–Crippen LogP) is 6.15. The standard InChI is InChI=1S/C30H54O5/c1-22(2)12-11-20-29(7,34)25(31)17-15-23(3)13-9-10-14-24(4)16-18-26(32)30(8)21-19-27(35-30)28(5,6)33/h12-14,25-27,31-34H,9-11,15-21H2,1-8H3. The second-order valence-electron chi connectivity index (χ2n) is 12.1. The second kappa shape index (κ2) is 14.1. The molecule has 5 atom stereocenters. The molecule has 5 heteroatoms. The number of unbranched alkanes of at least 4 members (excludes halogenated alkanes) is 1. The molecule has 4 N–H and O–H groups in total. The van der Waals surface area contributed by atoms with Crippen LogP contribution in [0.15, 0.2) is 34.9 Å². The molecule has 0 saturated carbocycles. The summed E-state index contributed by atoms with van der Waals surface area (Å²) in [6.45, 7) is 15.5. The average Bonchev–Trinajstić information content (AvgIpc) is 3.16. The Morgan fingerprint density at radius 2 is 1.46 bits per heavy atom. The van der Waals surface area contributed by atoms with Gasteiger partial charge in [0.15, 0.2) is 0 Å². The van der Waals surface area contributed by atoms with Crippen molar-refractivity contribution in [1.29, 1.82) is 0 Å². The molecule has 5 nitrogen and oxygen atoms in total. The molecule has 1 rings (SSSR count). The molecule has 1 aliphatic heterocycles. The summed E-state index contributed by atoms with van der Waals surface area (Å²) in [5.74, 6) is 0. The number of allylic oxidation sites excluding steroid dienone is 6. The summed E-state index contributed by atoms with van der Waals surface area (Å²) in [6, 6.07) is 0. The van der Waals surface area contributed by atoms with E-state index in [1.165, 1.54) is 16.7 Å². The average molecular weight is 495 g/mol. The van der Waals surface area contributed by atoms with Crippen LogP contribution < -0.4 is 0 Å². The van der Waals surface area contributed by atoms with E-state index in [0.29, 0.717) is 19.3 Å². The number of aliphatic hydroxyl groups excluding tert-OH is 2. The summed E-state index contributed by atoms with van der Waals surface area (Å²) in [4.78, 5) is 0. The van der Waals surface area contributed by atoms with E-state index < -0.39 is 29.0 Å². The van der Waals surface area contributed by atoms with Gasteiger partial charge < -0.3 is 25.2 Å². The Hall–Kier alpha value is -0.980. The molecule has 0 amide bonds. The van der Waals surface area contributed by atoms with Gasteiger partial charge in [0.2, 0.25) is 0 Å². The zero-order valence-corrected chi connectivity index (χ0v) is 23.7. The van der Waals surface area contributed by atoms with Crippen molar-refractivity contribution < 1.29 is 25.2 Å². The summed E-state index contributed by atoms with van der Waals surface area (Å²) in [5.41, 5.74) is 1.18. The molecule has 0 radical (unpaired) electrons. The monoisotopic (exact) mass is 494 g/mol. The molecular formula is C30H54O5. The fraction of sp³-hybridized carbons (Fsp3) is 0.800. The van der Waals surface area contributed by atoms with Gasteiger partial charge in [0, 0.05) is 0 Å². The van der Waals surface area contributed by atoms with E-state index in [2.05, 4.69) is 32.1 Å².